The molecule has 3 aromatic rings. The summed E-state index contributed by atoms with van der Waals surface area (Å²) in [5.74, 6) is -1.94. The fourth-order valence-electron chi connectivity index (χ4n) is 4.37. The number of ether oxygens (including phenoxy) is 2. The smallest absolute Gasteiger partial charge is 0.430 e. The number of carbonyl (C=O) groups excluding carboxylic acids is 2. The molecule has 2 aliphatic rings. The lowest BCUT2D eigenvalue weighted by Crippen LogP contribution is -2.55. The molecule has 2 aliphatic heterocycles. The second kappa shape index (κ2) is 12.0. The van der Waals surface area contributed by atoms with E-state index in [-0.39, 0.29) is 12.5 Å². The number of pyridine rings is 2. The van der Waals surface area contributed by atoms with Crippen LogP contribution in [0.25, 0.3) is 16.8 Å². The van der Waals surface area contributed by atoms with Crippen LogP contribution in [0.15, 0.2) is 42.7 Å². The molecule has 0 radical (unpaired) electrons. The Labute approximate surface area is 221 Å². The highest BCUT2D eigenvalue weighted by atomic mass is 19.4. The van der Waals surface area contributed by atoms with Gasteiger partial charge in [-0.3, -0.25) is 4.79 Å². The first-order valence-corrected chi connectivity index (χ1v) is 12.2. The number of hydrogen-bond donors (Lipinski definition) is 3. The van der Waals surface area contributed by atoms with Crippen molar-refractivity contribution in [3.8, 4) is 11.3 Å². The van der Waals surface area contributed by atoms with Gasteiger partial charge in [0.2, 0.25) is 0 Å². The first-order valence-electron chi connectivity index (χ1n) is 12.2. The molecular formula is C25H28F3N5O6. The topological polar surface area (TPSA) is 144 Å². The lowest BCUT2D eigenvalue weighted by atomic mass is 9.91. The molecule has 5 rings (SSSR count). The standard InChI is InChI=1S/C23H27N5O4.C2HF3O2/c29-16-23(6-11-31-12-7-23)26-22(30)21-25-20(18-3-1-2-8-28(18)21)17-4-5-19(24-15-17)27-9-13-32-14-10-27;3-2(4,5)1(6)7/h1-5,8,15,29H,6-7,9-14,16H2,(H,26,30);(H,6,7). The van der Waals surface area contributed by atoms with Crippen molar-refractivity contribution in [2.75, 3.05) is 51.0 Å². The quantitative estimate of drug-likeness (QED) is 0.382. The molecule has 2 saturated heterocycles. The Hall–Kier alpha value is -3.75. The van der Waals surface area contributed by atoms with E-state index in [4.69, 9.17) is 19.4 Å². The molecule has 210 valence electrons. The normalized spacial score (nSPS) is 17.3. The number of anilines is 1. The third-order valence-corrected chi connectivity index (χ3v) is 6.55. The molecule has 0 saturated carbocycles. The van der Waals surface area contributed by atoms with E-state index in [9.17, 15) is 23.1 Å². The van der Waals surface area contributed by atoms with Gasteiger partial charge in [-0.2, -0.15) is 17.6 Å². The van der Waals surface area contributed by atoms with Crippen LogP contribution < -0.4 is 19.7 Å². The number of hydrogen-bond acceptors (Lipinski definition) is 8. The van der Waals surface area contributed by atoms with Gasteiger partial charge in [0.15, 0.2) is 11.2 Å². The van der Waals surface area contributed by atoms with Crippen molar-refractivity contribution in [3.05, 3.63) is 48.5 Å². The second-order valence-electron chi connectivity index (χ2n) is 9.10. The maximum Gasteiger partial charge on any atom is 0.430 e. The summed E-state index contributed by atoms with van der Waals surface area (Å²) in [5, 5.41) is 21.8. The maximum atomic E-state index is 13.2. The first-order chi connectivity index (χ1) is 18.6. The number of aliphatic hydroxyl groups is 1. The van der Waals surface area contributed by atoms with Gasteiger partial charge in [-0.25, -0.2) is 9.97 Å². The van der Waals surface area contributed by atoms with Crippen molar-refractivity contribution in [1.29, 1.82) is 0 Å². The van der Waals surface area contributed by atoms with E-state index in [0.29, 0.717) is 45.1 Å². The molecule has 5 heterocycles. The van der Waals surface area contributed by atoms with Crippen LogP contribution in [0.3, 0.4) is 0 Å². The number of aliphatic hydroxyl groups excluding tert-OH is 1. The van der Waals surface area contributed by atoms with Crippen molar-refractivity contribution >= 4 is 23.2 Å². The van der Waals surface area contributed by atoms with Crippen molar-refractivity contribution in [2.45, 2.75) is 24.6 Å². The third kappa shape index (κ3) is 6.64. The summed E-state index contributed by atoms with van der Waals surface area (Å²) >= 11 is 0. The monoisotopic (exact) mass is 551 g/mol. The molecule has 11 nitrogen and oxygen atoms in total. The van der Waals surface area contributed by atoms with Gasteiger partial charge in [0.1, 0.15) is 11.8 Å². The lowest BCUT2D eigenvalue weighted by molar-refractivity contribution is -0.514. The Morgan fingerprint density at radius 2 is 1.79 bits per heavy atom. The van der Waals surface area contributed by atoms with Crippen LogP contribution in [0.2, 0.25) is 0 Å². The summed E-state index contributed by atoms with van der Waals surface area (Å²) in [4.78, 5) is 32.2. The zero-order valence-electron chi connectivity index (χ0n) is 20.9. The Morgan fingerprint density at radius 1 is 1.13 bits per heavy atom. The third-order valence-electron chi connectivity index (χ3n) is 6.55. The van der Waals surface area contributed by atoms with Crippen molar-refractivity contribution in [1.82, 2.24) is 15.3 Å². The molecule has 0 aliphatic carbocycles. The van der Waals surface area contributed by atoms with Gasteiger partial charge in [-0.05, 0) is 37.1 Å². The van der Waals surface area contributed by atoms with Crippen molar-refractivity contribution in [3.63, 3.8) is 0 Å². The summed E-state index contributed by atoms with van der Waals surface area (Å²) < 4.78 is 44.2. The molecule has 2 fully saturated rings. The molecule has 0 aromatic carbocycles. The van der Waals surface area contributed by atoms with E-state index in [1.165, 1.54) is 0 Å². The molecular weight excluding hydrogens is 523 g/mol. The average Bonchev–Trinajstić information content (AvgIpc) is 3.34. The zero-order valence-corrected chi connectivity index (χ0v) is 20.9. The highest BCUT2D eigenvalue weighted by Crippen LogP contribution is 2.25. The predicted molar refractivity (Wildman–Crippen MR) is 129 cm³/mol. The Kier molecular flexibility index (Phi) is 8.67. The number of rotatable bonds is 5. The van der Waals surface area contributed by atoms with Gasteiger partial charge in [-0.1, -0.05) is 6.07 Å². The highest BCUT2D eigenvalue weighted by Gasteiger charge is 2.37. The SMILES string of the molecule is O=C(NC1(CO)CCOCC1)c1[nH]c(-c2ccc(N3CCOCC3)nc2)c2cccc[n+]12.O=C([O-])C(F)(F)F. The Balaban J connectivity index is 0.000000448. The highest BCUT2D eigenvalue weighted by molar-refractivity contribution is 5.92. The minimum absolute atomic E-state index is 0.120. The summed E-state index contributed by atoms with van der Waals surface area (Å²) in [6.45, 7) is 4.00. The lowest BCUT2D eigenvalue weighted by Gasteiger charge is -2.35. The van der Waals surface area contributed by atoms with Crippen LogP contribution in [-0.4, -0.2) is 84.8 Å². The van der Waals surface area contributed by atoms with Gasteiger partial charge < -0.3 is 34.7 Å². The largest absolute Gasteiger partial charge is 0.542 e. The number of alkyl halides is 3. The number of nitrogens with zero attached hydrogens (tertiary/aromatic N) is 3. The number of halogens is 3. The van der Waals surface area contributed by atoms with Crippen LogP contribution in [0.4, 0.5) is 19.0 Å². The Bertz CT molecular complexity index is 1290. The minimum Gasteiger partial charge on any atom is -0.542 e. The van der Waals surface area contributed by atoms with Crippen LogP contribution in [0.1, 0.15) is 23.5 Å². The van der Waals surface area contributed by atoms with E-state index in [2.05, 4.69) is 20.2 Å². The number of aromatic amines is 1. The van der Waals surface area contributed by atoms with Crippen LogP contribution in [-0.2, 0) is 14.3 Å². The molecule has 3 N–H and O–H groups in total. The van der Waals surface area contributed by atoms with Crippen LogP contribution in [0, 0.1) is 0 Å². The molecule has 1 amide bonds. The summed E-state index contributed by atoms with van der Waals surface area (Å²) in [6, 6.07) is 9.82. The van der Waals surface area contributed by atoms with Crippen molar-refractivity contribution in [2.24, 2.45) is 0 Å². The second-order valence-corrected chi connectivity index (χ2v) is 9.10. The molecule has 0 atom stereocenters. The summed E-state index contributed by atoms with van der Waals surface area (Å²) in [6.07, 6.45) is -0.342. The predicted octanol–water partition coefficient (Wildman–Crippen LogP) is 0.222. The van der Waals surface area contributed by atoms with Crippen LogP contribution >= 0.6 is 0 Å². The molecule has 0 spiro atoms. The fourth-order valence-corrected chi connectivity index (χ4v) is 4.37. The number of aliphatic carboxylic acids is 1. The molecule has 39 heavy (non-hydrogen) atoms. The van der Waals surface area contributed by atoms with E-state index in [0.717, 1.165) is 35.7 Å². The van der Waals surface area contributed by atoms with Gasteiger partial charge >= 0.3 is 17.9 Å². The summed E-state index contributed by atoms with van der Waals surface area (Å²) in [5.41, 5.74) is 1.93. The fraction of sp³-hybridized carbons (Fsp3) is 0.440. The maximum absolute atomic E-state index is 13.2. The van der Waals surface area contributed by atoms with Crippen LogP contribution in [0.5, 0.6) is 0 Å². The van der Waals surface area contributed by atoms with E-state index in [1.807, 2.05) is 47.1 Å². The summed E-state index contributed by atoms with van der Waals surface area (Å²) in [7, 11) is 0. The van der Waals surface area contributed by atoms with E-state index < -0.39 is 17.7 Å². The average molecular weight is 552 g/mol. The Morgan fingerprint density at radius 3 is 2.38 bits per heavy atom. The number of nitrogens with one attached hydrogen (secondary N) is 2. The molecule has 14 heteroatoms. The number of carboxylic acid groups (broad SMARTS) is 1. The number of morpholine rings is 1. The van der Waals surface area contributed by atoms with Gasteiger partial charge in [0.05, 0.1) is 31.6 Å². The first kappa shape index (κ1) is 28.3. The van der Waals surface area contributed by atoms with Gasteiger partial charge in [0.25, 0.3) is 0 Å². The molecule has 3 aromatic heterocycles. The van der Waals surface area contributed by atoms with Gasteiger partial charge in [-0.15, -0.1) is 0 Å². The number of imidazole rings is 1. The minimum atomic E-state index is -5.19. The number of carboxylic acids is 1. The number of amides is 1. The molecule has 0 unspecified atom stereocenters. The molecule has 0 bridgehead atoms. The van der Waals surface area contributed by atoms with Gasteiger partial charge in [0, 0.05) is 38.1 Å². The number of fused-ring (bicyclic) bond motifs is 1. The zero-order chi connectivity index (χ0) is 28.0. The van der Waals surface area contributed by atoms with E-state index in [1.54, 1.807) is 0 Å². The van der Waals surface area contributed by atoms with E-state index >= 15 is 0 Å². The number of H-pyrrole nitrogens is 1. The number of aromatic nitrogens is 3. The number of carbonyl (C=O) groups is 2. The van der Waals surface area contributed by atoms with Crippen molar-refractivity contribution < 1.29 is 46.8 Å².